The van der Waals surface area contributed by atoms with Crippen molar-refractivity contribution in [3.8, 4) is 11.5 Å². The summed E-state index contributed by atoms with van der Waals surface area (Å²) in [7, 11) is 5.01. The number of aliphatic imine (C=N–C) groups is 1. The van der Waals surface area contributed by atoms with Gasteiger partial charge in [-0.3, -0.25) is 9.79 Å². The van der Waals surface area contributed by atoms with Gasteiger partial charge in [0, 0.05) is 56.6 Å². The van der Waals surface area contributed by atoms with Crippen molar-refractivity contribution in [3.63, 3.8) is 0 Å². The average molecular weight is 377 g/mol. The smallest absolute Gasteiger partial charge is 0.239 e. The molecular weight excluding hydrogens is 346 g/mol. The maximum Gasteiger partial charge on any atom is 0.239 e. The van der Waals surface area contributed by atoms with E-state index in [0.717, 1.165) is 43.1 Å². The van der Waals surface area contributed by atoms with Crippen molar-refractivity contribution < 1.29 is 14.3 Å². The van der Waals surface area contributed by atoms with Crippen molar-refractivity contribution >= 4 is 17.6 Å². The fourth-order valence-electron chi connectivity index (χ4n) is 2.97. The second-order valence-corrected chi connectivity index (χ2v) is 6.42. The molecule has 1 amide bonds. The van der Waals surface area contributed by atoms with Crippen LogP contribution in [0.25, 0.3) is 0 Å². The Bertz CT molecular complexity index is 628. The van der Waals surface area contributed by atoms with E-state index < -0.39 is 0 Å². The third-order valence-corrected chi connectivity index (χ3v) is 4.44. The van der Waals surface area contributed by atoms with Crippen LogP contribution in [0.1, 0.15) is 19.8 Å². The van der Waals surface area contributed by atoms with Crippen molar-refractivity contribution in [2.24, 2.45) is 4.99 Å². The van der Waals surface area contributed by atoms with Gasteiger partial charge in [-0.15, -0.1) is 0 Å². The third-order valence-electron chi connectivity index (χ3n) is 4.44. The largest absolute Gasteiger partial charge is 0.497 e. The minimum Gasteiger partial charge on any atom is -0.497 e. The Labute approximate surface area is 161 Å². The van der Waals surface area contributed by atoms with E-state index in [1.54, 1.807) is 21.3 Å². The summed E-state index contributed by atoms with van der Waals surface area (Å²) in [5, 5.41) is 9.29. The molecule has 150 valence electrons. The lowest BCUT2D eigenvalue weighted by Gasteiger charge is -2.21. The minimum atomic E-state index is -0.0312. The predicted molar refractivity (Wildman–Crippen MR) is 108 cm³/mol. The summed E-state index contributed by atoms with van der Waals surface area (Å²) < 4.78 is 10.7. The summed E-state index contributed by atoms with van der Waals surface area (Å²) in [4.78, 5) is 18.2. The lowest BCUT2D eigenvalue weighted by Crippen LogP contribution is -2.47. The number of guanidine groups is 1. The van der Waals surface area contributed by atoms with E-state index in [0.29, 0.717) is 12.5 Å². The van der Waals surface area contributed by atoms with Gasteiger partial charge in [0.25, 0.3) is 0 Å². The number of anilines is 1. The van der Waals surface area contributed by atoms with Crippen molar-refractivity contribution in [3.05, 3.63) is 18.2 Å². The molecule has 27 heavy (non-hydrogen) atoms. The third kappa shape index (κ3) is 6.23. The number of methoxy groups -OCH3 is 2. The van der Waals surface area contributed by atoms with E-state index in [1.165, 1.54) is 0 Å². The van der Waals surface area contributed by atoms with Crippen LogP contribution < -0.4 is 30.3 Å². The van der Waals surface area contributed by atoms with Crippen LogP contribution in [-0.4, -0.2) is 65.4 Å². The van der Waals surface area contributed by atoms with Gasteiger partial charge >= 0.3 is 0 Å². The predicted octanol–water partition coefficient (Wildman–Crippen LogP) is 0.974. The highest BCUT2D eigenvalue weighted by atomic mass is 16.5. The number of ether oxygens (including phenoxy) is 2. The number of amides is 1. The summed E-state index contributed by atoms with van der Waals surface area (Å²) in [6.45, 7) is 4.68. The molecule has 0 aromatic heterocycles. The molecule has 1 atom stereocenters. The number of carbonyl (C=O) groups excluding carboxylic acids is 1. The lowest BCUT2D eigenvalue weighted by atomic mass is 10.2. The topological polar surface area (TPSA) is 87.2 Å². The maximum absolute atomic E-state index is 11.7. The second kappa shape index (κ2) is 10.5. The summed E-state index contributed by atoms with van der Waals surface area (Å²) in [6.07, 6.45) is 1.90. The van der Waals surface area contributed by atoms with Gasteiger partial charge in [-0.05, 0) is 12.8 Å². The first kappa shape index (κ1) is 20.7. The molecule has 0 radical (unpaired) electrons. The van der Waals surface area contributed by atoms with Crippen molar-refractivity contribution in [2.45, 2.75) is 25.8 Å². The monoisotopic (exact) mass is 377 g/mol. The molecule has 8 nitrogen and oxygen atoms in total. The second-order valence-electron chi connectivity index (χ2n) is 6.42. The summed E-state index contributed by atoms with van der Waals surface area (Å²) in [5.74, 6) is 2.15. The molecule has 0 aliphatic carbocycles. The Morgan fingerprint density at radius 3 is 2.52 bits per heavy atom. The molecule has 0 spiro atoms. The fourth-order valence-corrected chi connectivity index (χ4v) is 2.97. The van der Waals surface area contributed by atoms with E-state index in [-0.39, 0.29) is 18.5 Å². The molecule has 1 aliphatic heterocycles. The normalized spacial score (nSPS) is 16.8. The Kier molecular flexibility index (Phi) is 8.03. The molecule has 1 aromatic rings. The zero-order valence-electron chi connectivity index (χ0n) is 16.7. The van der Waals surface area contributed by atoms with Crippen LogP contribution in [0.2, 0.25) is 0 Å². The fraction of sp³-hybridized carbons (Fsp3) is 0.579. The number of hydrogen-bond acceptors (Lipinski definition) is 5. The molecule has 1 aliphatic rings. The molecule has 1 unspecified atom stereocenters. The Morgan fingerprint density at radius 1 is 1.22 bits per heavy atom. The quantitative estimate of drug-likeness (QED) is 0.462. The molecule has 2 rings (SSSR count). The zero-order valence-corrected chi connectivity index (χ0v) is 16.7. The molecule has 1 fully saturated rings. The summed E-state index contributed by atoms with van der Waals surface area (Å²) >= 11 is 0. The van der Waals surface area contributed by atoms with Crippen LogP contribution in [0, 0.1) is 0 Å². The van der Waals surface area contributed by atoms with Gasteiger partial charge in [0.1, 0.15) is 11.5 Å². The maximum atomic E-state index is 11.7. The number of benzene rings is 1. The van der Waals surface area contributed by atoms with Crippen LogP contribution in [0.4, 0.5) is 5.69 Å². The highest BCUT2D eigenvalue weighted by molar-refractivity contribution is 5.86. The SMILES string of the molecule is CCCNC(=O)CNC(=NC)NC1CCN(c2cc(OC)cc(OC)c2)C1. The van der Waals surface area contributed by atoms with Crippen molar-refractivity contribution in [1.82, 2.24) is 16.0 Å². The standard InChI is InChI=1S/C19H31N5O3/c1-5-7-21-18(25)12-22-19(20-2)23-14-6-8-24(13-14)15-9-16(26-3)11-17(10-15)27-4/h9-11,14H,5-8,12-13H2,1-4H3,(H,21,25)(H2,20,22,23). The Hall–Kier alpha value is -2.64. The molecule has 1 aromatic carbocycles. The van der Waals surface area contributed by atoms with Gasteiger partial charge in [-0.25, -0.2) is 0 Å². The first-order chi connectivity index (χ1) is 13.1. The first-order valence-electron chi connectivity index (χ1n) is 9.31. The Balaban J connectivity index is 1.89. The number of carbonyl (C=O) groups is 1. The summed E-state index contributed by atoms with van der Waals surface area (Å²) in [6, 6.07) is 6.13. The average Bonchev–Trinajstić information content (AvgIpc) is 3.17. The van der Waals surface area contributed by atoms with E-state index in [4.69, 9.17) is 9.47 Å². The molecule has 0 bridgehead atoms. The number of rotatable bonds is 8. The molecule has 0 saturated carbocycles. The van der Waals surface area contributed by atoms with E-state index in [2.05, 4.69) is 25.8 Å². The van der Waals surface area contributed by atoms with Crippen LogP contribution in [0.15, 0.2) is 23.2 Å². The molecule has 1 heterocycles. The van der Waals surface area contributed by atoms with Gasteiger partial charge in [0.15, 0.2) is 5.96 Å². The van der Waals surface area contributed by atoms with Gasteiger partial charge < -0.3 is 30.3 Å². The highest BCUT2D eigenvalue weighted by Crippen LogP contribution is 2.30. The lowest BCUT2D eigenvalue weighted by molar-refractivity contribution is -0.120. The molecule has 3 N–H and O–H groups in total. The molecule has 1 saturated heterocycles. The van der Waals surface area contributed by atoms with Crippen LogP contribution in [0.5, 0.6) is 11.5 Å². The summed E-state index contributed by atoms with van der Waals surface area (Å²) in [5.41, 5.74) is 1.07. The highest BCUT2D eigenvalue weighted by Gasteiger charge is 2.24. The molecule has 8 heteroatoms. The van der Waals surface area contributed by atoms with Gasteiger partial charge in [-0.1, -0.05) is 6.92 Å². The van der Waals surface area contributed by atoms with E-state index in [1.807, 2.05) is 25.1 Å². The van der Waals surface area contributed by atoms with Crippen molar-refractivity contribution in [2.75, 3.05) is 52.3 Å². The number of nitrogens with one attached hydrogen (secondary N) is 3. The van der Waals surface area contributed by atoms with Crippen LogP contribution in [-0.2, 0) is 4.79 Å². The Morgan fingerprint density at radius 2 is 1.93 bits per heavy atom. The van der Waals surface area contributed by atoms with E-state index >= 15 is 0 Å². The van der Waals surface area contributed by atoms with Crippen LogP contribution >= 0.6 is 0 Å². The van der Waals surface area contributed by atoms with Gasteiger partial charge in [-0.2, -0.15) is 0 Å². The zero-order chi connectivity index (χ0) is 19.6. The van der Waals surface area contributed by atoms with E-state index in [9.17, 15) is 4.79 Å². The first-order valence-corrected chi connectivity index (χ1v) is 9.31. The number of hydrogen-bond donors (Lipinski definition) is 3. The van der Waals surface area contributed by atoms with Crippen LogP contribution in [0.3, 0.4) is 0 Å². The van der Waals surface area contributed by atoms with Gasteiger partial charge in [0.05, 0.1) is 20.8 Å². The van der Waals surface area contributed by atoms with Crippen molar-refractivity contribution in [1.29, 1.82) is 0 Å². The molecular formula is C19H31N5O3. The van der Waals surface area contributed by atoms with Gasteiger partial charge in [0.2, 0.25) is 5.91 Å². The minimum absolute atomic E-state index is 0.0312. The number of nitrogens with zero attached hydrogens (tertiary/aromatic N) is 2.